The number of hydrogen-bond acceptors (Lipinski definition) is 4. The molecule has 22 heavy (non-hydrogen) atoms. The maximum Gasteiger partial charge on any atom is 0.155 e. The van der Waals surface area contributed by atoms with E-state index >= 15 is 0 Å². The molecule has 0 aliphatic carbocycles. The number of nitrogens with zero attached hydrogens (tertiary/aromatic N) is 2. The number of rotatable bonds is 5. The average molecular weight is 300 g/mol. The van der Waals surface area contributed by atoms with Gasteiger partial charge in [-0.2, -0.15) is 5.10 Å². The molecule has 0 amide bonds. The summed E-state index contributed by atoms with van der Waals surface area (Å²) in [4.78, 5) is 4.20. The second-order valence-electron chi connectivity index (χ2n) is 6.34. The number of aromatic amines is 1. The third-order valence-electron chi connectivity index (χ3n) is 4.31. The van der Waals surface area contributed by atoms with E-state index in [0.29, 0.717) is 17.9 Å². The van der Waals surface area contributed by atoms with E-state index in [4.69, 9.17) is 4.74 Å². The molecule has 2 unspecified atom stereocenters. The lowest BCUT2D eigenvalue weighted by atomic mass is 9.90. The minimum Gasteiger partial charge on any atom is -0.385 e. The maximum atomic E-state index is 5.84. The van der Waals surface area contributed by atoms with Gasteiger partial charge in [0.2, 0.25) is 0 Å². The van der Waals surface area contributed by atoms with Crippen LogP contribution >= 0.6 is 0 Å². The van der Waals surface area contributed by atoms with Crippen molar-refractivity contribution in [3.05, 3.63) is 30.6 Å². The molecule has 1 aliphatic rings. The Labute approximate surface area is 131 Å². The molecule has 2 heterocycles. The second-order valence-corrected chi connectivity index (χ2v) is 6.34. The highest BCUT2D eigenvalue weighted by atomic mass is 16.5. The van der Waals surface area contributed by atoms with Crippen LogP contribution in [0.3, 0.4) is 0 Å². The number of benzene rings is 1. The molecule has 118 valence electrons. The summed E-state index contributed by atoms with van der Waals surface area (Å²) >= 11 is 0. The van der Waals surface area contributed by atoms with Gasteiger partial charge in [-0.05, 0) is 36.8 Å². The van der Waals surface area contributed by atoms with Crippen LogP contribution in [0.5, 0.6) is 0 Å². The summed E-state index contributed by atoms with van der Waals surface area (Å²) < 4.78 is 5.84. The second kappa shape index (κ2) is 6.92. The molecule has 1 saturated heterocycles. The molecule has 0 radical (unpaired) electrons. The van der Waals surface area contributed by atoms with Crippen LogP contribution in [0.25, 0.3) is 11.4 Å². The van der Waals surface area contributed by atoms with Gasteiger partial charge in [0, 0.05) is 24.4 Å². The van der Waals surface area contributed by atoms with Crippen molar-refractivity contribution in [3.8, 4) is 11.4 Å². The standard InChI is InChI=1S/C17H24N4O/c1-12(2)16-8-13(6-7-22-16)10-18-15-5-3-4-14(9-15)17-19-11-20-21-17/h3-5,9,11-13,16,18H,6-8,10H2,1-2H3,(H,19,20,21). The molecule has 2 N–H and O–H groups in total. The molecule has 1 fully saturated rings. The van der Waals surface area contributed by atoms with Gasteiger partial charge < -0.3 is 10.1 Å². The largest absolute Gasteiger partial charge is 0.385 e. The molecule has 1 aliphatic heterocycles. The summed E-state index contributed by atoms with van der Waals surface area (Å²) in [5.41, 5.74) is 2.18. The predicted octanol–water partition coefficient (Wildman–Crippen LogP) is 3.33. The Balaban J connectivity index is 1.58. The molecule has 1 aromatic carbocycles. The monoisotopic (exact) mass is 300 g/mol. The highest BCUT2D eigenvalue weighted by molar-refractivity contribution is 5.61. The Bertz CT molecular complexity index is 582. The Morgan fingerprint density at radius 1 is 1.41 bits per heavy atom. The fraction of sp³-hybridized carbons (Fsp3) is 0.529. The van der Waals surface area contributed by atoms with Gasteiger partial charge in [0.1, 0.15) is 6.33 Å². The zero-order valence-corrected chi connectivity index (χ0v) is 13.2. The molecular weight excluding hydrogens is 276 g/mol. The van der Waals surface area contributed by atoms with Crippen LogP contribution in [0, 0.1) is 11.8 Å². The number of ether oxygens (including phenoxy) is 1. The van der Waals surface area contributed by atoms with Crippen LogP contribution in [0.4, 0.5) is 5.69 Å². The van der Waals surface area contributed by atoms with E-state index < -0.39 is 0 Å². The fourth-order valence-electron chi connectivity index (χ4n) is 2.93. The third-order valence-corrected chi connectivity index (χ3v) is 4.31. The first-order valence-corrected chi connectivity index (χ1v) is 8.03. The Kier molecular flexibility index (Phi) is 4.73. The van der Waals surface area contributed by atoms with Crippen molar-refractivity contribution in [2.45, 2.75) is 32.8 Å². The van der Waals surface area contributed by atoms with Gasteiger partial charge in [-0.1, -0.05) is 26.0 Å². The maximum absolute atomic E-state index is 5.84. The van der Waals surface area contributed by atoms with Crippen LogP contribution in [0.2, 0.25) is 0 Å². The van der Waals surface area contributed by atoms with E-state index in [1.807, 2.05) is 12.1 Å². The molecule has 5 nitrogen and oxygen atoms in total. The van der Waals surface area contributed by atoms with Crippen molar-refractivity contribution >= 4 is 5.69 Å². The molecule has 3 rings (SSSR count). The highest BCUT2D eigenvalue weighted by Gasteiger charge is 2.24. The molecule has 2 aromatic rings. The Hall–Kier alpha value is -1.88. The average Bonchev–Trinajstić information content (AvgIpc) is 3.08. The smallest absolute Gasteiger partial charge is 0.155 e. The SMILES string of the molecule is CC(C)C1CC(CNc2cccc(-c3ncn[nH]3)c2)CCO1. The van der Waals surface area contributed by atoms with E-state index in [1.54, 1.807) is 0 Å². The van der Waals surface area contributed by atoms with E-state index in [9.17, 15) is 0 Å². The molecule has 5 heteroatoms. The van der Waals surface area contributed by atoms with Crippen molar-refractivity contribution in [2.75, 3.05) is 18.5 Å². The van der Waals surface area contributed by atoms with E-state index in [2.05, 4.69) is 46.5 Å². The summed E-state index contributed by atoms with van der Waals surface area (Å²) in [7, 11) is 0. The van der Waals surface area contributed by atoms with Crippen LogP contribution in [0.1, 0.15) is 26.7 Å². The number of aromatic nitrogens is 3. The van der Waals surface area contributed by atoms with E-state index in [-0.39, 0.29) is 0 Å². The Morgan fingerprint density at radius 3 is 3.09 bits per heavy atom. The molecule has 1 aromatic heterocycles. The van der Waals surface area contributed by atoms with E-state index in [0.717, 1.165) is 43.1 Å². The van der Waals surface area contributed by atoms with Gasteiger partial charge in [0.15, 0.2) is 5.82 Å². The topological polar surface area (TPSA) is 62.8 Å². The highest BCUT2D eigenvalue weighted by Crippen LogP contribution is 2.26. The van der Waals surface area contributed by atoms with Crippen molar-refractivity contribution in [1.29, 1.82) is 0 Å². The van der Waals surface area contributed by atoms with Gasteiger partial charge in [0.25, 0.3) is 0 Å². The predicted molar refractivity (Wildman–Crippen MR) is 87.6 cm³/mol. The number of anilines is 1. The normalized spacial score (nSPS) is 22.0. The van der Waals surface area contributed by atoms with Crippen LogP contribution in [-0.2, 0) is 4.74 Å². The molecule has 2 atom stereocenters. The summed E-state index contributed by atoms with van der Waals surface area (Å²) in [6, 6.07) is 8.29. The first-order chi connectivity index (χ1) is 10.7. The lowest BCUT2D eigenvalue weighted by Gasteiger charge is -2.32. The van der Waals surface area contributed by atoms with Gasteiger partial charge in [-0.3, -0.25) is 5.10 Å². The molecular formula is C17H24N4O. The minimum atomic E-state index is 0.404. The van der Waals surface area contributed by atoms with Crippen LogP contribution in [-0.4, -0.2) is 34.4 Å². The summed E-state index contributed by atoms with van der Waals surface area (Å²) in [5.74, 6) is 2.07. The zero-order chi connectivity index (χ0) is 15.4. The van der Waals surface area contributed by atoms with E-state index in [1.165, 1.54) is 6.33 Å². The van der Waals surface area contributed by atoms with Gasteiger partial charge in [-0.15, -0.1) is 0 Å². The van der Waals surface area contributed by atoms with Crippen molar-refractivity contribution < 1.29 is 4.74 Å². The molecule has 0 saturated carbocycles. The molecule has 0 spiro atoms. The zero-order valence-electron chi connectivity index (χ0n) is 13.2. The Morgan fingerprint density at radius 2 is 2.32 bits per heavy atom. The minimum absolute atomic E-state index is 0.404. The van der Waals surface area contributed by atoms with Gasteiger partial charge in [-0.25, -0.2) is 4.98 Å². The first kappa shape index (κ1) is 15.0. The summed E-state index contributed by atoms with van der Waals surface area (Å²) in [6.45, 7) is 6.35. The van der Waals surface area contributed by atoms with Crippen molar-refractivity contribution in [2.24, 2.45) is 11.8 Å². The van der Waals surface area contributed by atoms with Crippen molar-refractivity contribution in [1.82, 2.24) is 15.2 Å². The molecule has 0 bridgehead atoms. The van der Waals surface area contributed by atoms with Crippen molar-refractivity contribution in [3.63, 3.8) is 0 Å². The summed E-state index contributed by atoms with van der Waals surface area (Å²) in [5, 5.41) is 10.4. The van der Waals surface area contributed by atoms with Gasteiger partial charge in [0.05, 0.1) is 6.10 Å². The van der Waals surface area contributed by atoms with Gasteiger partial charge >= 0.3 is 0 Å². The number of H-pyrrole nitrogens is 1. The number of nitrogens with one attached hydrogen (secondary N) is 2. The lowest BCUT2D eigenvalue weighted by Crippen LogP contribution is -2.32. The fourth-order valence-corrected chi connectivity index (χ4v) is 2.93. The first-order valence-electron chi connectivity index (χ1n) is 8.03. The quantitative estimate of drug-likeness (QED) is 0.889. The number of hydrogen-bond donors (Lipinski definition) is 2. The van der Waals surface area contributed by atoms with Crippen LogP contribution in [0.15, 0.2) is 30.6 Å². The lowest BCUT2D eigenvalue weighted by molar-refractivity contribution is -0.0314. The van der Waals surface area contributed by atoms with Crippen LogP contribution < -0.4 is 5.32 Å². The summed E-state index contributed by atoms with van der Waals surface area (Å²) in [6.07, 6.45) is 4.22. The third kappa shape index (κ3) is 3.65.